The van der Waals surface area contributed by atoms with Gasteiger partial charge in [0.15, 0.2) is 11.6 Å². The SMILES string of the molecule is CCCCCCCCCCOc1ccc(-c2ncc(OCCCCCCCCC)cn2)c(F)c1. The van der Waals surface area contributed by atoms with E-state index in [1.165, 1.54) is 83.1 Å². The fourth-order valence-corrected chi connectivity index (χ4v) is 3.97. The number of unbranched alkanes of at least 4 members (excludes halogenated alkanes) is 13. The van der Waals surface area contributed by atoms with Crippen molar-refractivity contribution < 1.29 is 13.9 Å². The third-order valence-electron chi connectivity index (χ3n) is 6.09. The van der Waals surface area contributed by atoms with Gasteiger partial charge in [0.2, 0.25) is 0 Å². The van der Waals surface area contributed by atoms with Crippen LogP contribution in [-0.4, -0.2) is 23.2 Å². The minimum Gasteiger partial charge on any atom is -0.493 e. The number of hydrogen-bond donors (Lipinski definition) is 0. The molecular weight excluding hydrogens is 427 g/mol. The van der Waals surface area contributed by atoms with Crippen LogP contribution in [0.4, 0.5) is 4.39 Å². The molecule has 1 aromatic heterocycles. The molecule has 0 saturated heterocycles. The average molecular weight is 473 g/mol. The second kappa shape index (κ2) is 18.2. The second-order valence-corrected chi connectivity index (χ2v) is 9.18. The van der Waals surface area contributed by atoms with Gasteiger partial charge in [0, 0.05) is 6.07 Å². The lowest BCUT2D eigenvalue weighted by Gasteiger charge is -2.09. The van der Waals surface area contributed by atoms with Crippen molar-refractivity contribution in [1.29, 1.82) is 0 Å². The minimum atomic E-state index is -0.370. The van der Waals surface area contributed by atoms with E-state index in [0.29, 0.717) is 36.1 Å². The third-order valence-corrected chi connectivity index (χ3v) is 6.09. The van der Waals surface area contributed by atoms with Crippen molar-refractivity contribution in [2.45, 2.75) is 110 Å². The Kier molecular flexibility index (Phi) is 15.0. The fraction of sp³-hybridized carbons (Fsp3) is 0.655. The number of rotatable bonds is 20. The molecule has 0 radical (unpaired) electrons. The molecule has 0 aliphatic carbocycles. The summed E-state index contributed by atoms with van der Waals surface area (Å²) < 4.78 is 26.1. The fourth-order valence-electron chi connectivity index (χ4n) is 3.97. The molecule has 5 heteroatoms. The molecule has 4 nitrogen and oxygen atoms in total. The van der Waals surface area contributed by atoms with Crippen LogP contribution in [0, 0.1) is 5.82 Å². The van der Waals surface area contributed by atoms with Crippen molar-refractivity contribution in [2.24, 2.45) is 0 Å². The zero-order valence-electron chi connectivity index (χ0n) is 21.5. The summed E-state index contributed by atoms with van der Waals surface area (Å²) in [4.78, 5) is 8.59. The first-order valence-corrected chi connectivity index (χ1v) is 13.6. The third kappa shape index (κ3) is 11.8. The summed E-state index contributed by atoms with van der Waals surface area (Å²) in [5.74, 6) is 1.17. The standard InChI is InChI=1S/C29H45FN2O2/c1-3-5-7-9-11-13-15-16-20-33-25-18-19-27(28(30)22-25)29-31-23-26(24-32-29)34-21-17-14-12-10-8-6-4-2/h18-19,22-24H,3-17,20-21H2,1-2H3. The van der Waals surface area contributed by atoms with Crippen LogP contribution in [0.2, 0.25) is 0 Å². The smallest absolute Gasteiger partial charge is 0.162 e. The lowest BCUT2D eigenvalue weighted by atomic mass is 10.1. The number of nitrogens with zero attached hydrogens (tertiary/aromatic N) is 2. The molecule has 0 bridgehead atoms. The van der Waals surface area contributed by atoms with E-state index in [2.05, 4.69) is 23.8 Å². The van der Waals surface area contributed by atoms with Crippen LogP contribution < -0.4 is 9.47 Å². The Balaban J connectivity index is 1.65. The van der Waals surface area contributed by atoms with Gasteiger partial charge in [-0.05, 0) is 25.0 Å². The van der Waals surface area contributed by atoms with Gasteiger partial charge in [-0.1, -0.05) is 97.3 Å². The number of ether oxygens (including phenoxy) is 2. The van der Waals surface area contributed by atoms with E-state index in [1.807, 2.05) is 0 Å². The van der Waals surface area contributed by atoms with Crippen LogP contribution in [0.25, 0.3) is 11.4 Å². The van der Waals surface area contributed by atoms with Gasteiger partial charge in [0.1, 0.15) is 11.6 Å². The number of benzene rings is 1. The maximum Gasteiger partial charge on any atom is 0.162 e. The highest BCUT2D eigenvalue weighted by Gasteiger charge is 2.10. The van der Waals surface area contributed by atoms with E-state index in [4.69, 9.17) is 9.47 Å². The zero-order valence-corrected chi connectivity index (χ0v) is 21.5. The summed E-state index contributed by atoms with van der Waals surface area (Å²) in [6.07, 6.45) is 22.0. The summed E-state index contributed by atoms with van der Waals surface area (Å²) in [5, 5.41) is 0. The largest absolute Gasteiger partial charge is 0.493 e. The molecule has 0 saturated carbocycles. The molecule has 0 aliphatic rings. The topological polar surface area (TPSA) is 44.2 Å². The first-order chi connectivity index (χ1) is 16.7. The molecule has 34 heavy (non-hydrogen) atoms. The molecule has 2 aromatic rings. The average Bonchev–Trinajstić information content (AvgIpc) is 2.85. The summed E-state index contributed by atoms with van der Waals surface area (Å²) in [6, 6.07) is 4.90. The number of hydrogen-bond acceptors (Lipinski definition) is 4. The van der Waals surface area contributed by atoms with E-state index in [0.717, 1.165) is 19.3 Å². The summed E-state index contributed by atoms with van der Waals surface area (Å²) in [6.45, 7) is 5.76. The highest BCUT2D eigenvalue weighted by atomic mass is 19.1. The molecule has 2 rings (SSSR count). The highest BCUT2D eigenvalue weighted by Crippen LogP contribution is 2.24. The van der Waals surface area contributed by atoms with Gasteiger partial charge in [0.25, 0.3) is 0 Å². The van der Waals surface area contributed by atoms with Crippen molar-refractivity contribution in [3.05, 3.63) is 36.4 Å². The Morgan fingerprint density at radius 1 is 0.618 bits per heavy atom. The van der Waals surface area contributed by atoms with Crippen molar-refractivity contribution in [3.8, 4) is 22.9 Å². The summed E-state index contributed by atoms with van der Waals surface area (Å²) in [5.41, 5.74) is 0.373. The van der Waals surface area contributed by atoms with Crippen LogP contribution in [0.3, 0.4) is 0 Å². The van der Waals surface area contributed by atoms with Gasteiger partial charge in [-0.2, -0.15) is 0 Å². The van der Waals surface area contributed by atoms with Gasteiger partial charge in [-0.25, -0.2) is 14.4 Å². The van der Waals surface area contributed by atoms with E-state index in [9.17, 15) is 4.39 Å². The van der Waals surface area contributed by atoms with Gasteiger partial charge in [-0.15, -0.1) is 0 Å². The van der Waals surface area contributed by atoms with Crippen LogP contribution in [0.5, 0.6) is 11.5 Å². The molecule has 1 aromatic carbocycles. The van der Waals surface area contributed by atoms with Crippen molar-refractivity contribution in [3.63, 3.8) is 0 Å². The molecular formula is C29H45FN2O2. The monoisotopic (exact) mass is 472 g/mol. The Hall–Kier alpha value is -2.17. The minimum absolute atomic E-state index is 0.357. The molecule has 0 fully saturated rings. The number of halogens is 1. The second-order valence-electron chi connectivity index (χ2n) is 9.18. The molecule has 0 N–H and O–H groups in total. The molecule has 0 atom stereocenters. The molecule has 0 aliphatic heterocycles. The van der Waals surface area contributed by atoms with Gasteiger partial charge in [0.05, 0.1) is 31.2 Å². The van der Waals surface area contributed by atoms with Gasteiger partial charge >= 0.3 is 0 Å². The normalized spacial score (nSPS) is 11.0. The molecule has 1 heterocycles. The van der Waals surface area contributed by atoms with E-state index in [1.54, 1.807) is 24.5 Å². The molecule has 0 amide bonds. The molecule has 190 valence electrons. The Labute approximate surface area is 206 Å². The lowest BCUT2D eigenvalue weighted by Crippen LogP contribution is -2.00. The highest BCUT2D eigenvalue weighted by molar-refractivity contribution is 5.57. The maximum absolute atomic E-state index is 14.6. The Bertz CT molecular complexity index is 767. The van der Waals surface area contributed by atoms with Crippen LogP contribution in [0.1, 0.15) is 110 Å². The summed E-state index contributed by atoms with van der Waals surface area (Å²) >= 11 is 0. The number of aromatic nitrogens is 2. The van der Waals surface area contributed by atoms with Crippen molar-refractivity contribution in [1.82, 2.24) is 9.97 Å². The van der Waals surface area contributed by atoms with Crippen LogP contribution >= 0.6 is 0 Å². The predicted octanol–water partition coefficient (Wildman–Crippen LogP) is 8.93. The van der Waals surface area contributed by atoms with E-state index in [-0.39, 0.29) is 5.82 Å². The predicted molar refractivity (Wildman–Crippen MR) is 139 cm³/mol. The maximum atomic E-state index is 14.6. The van der Waals surface area contributed by atoms with Crippen molar-refractivity contribution in [2.75, 3.05) is 13.2 Å². The molecule has 0 unspecified atom stereocenters. The Morgan fingerprint density at radius 3 is 1.59 bits per heavy atom. The van der Waals surface area contributed by atoms with Crippen molar-refractivity contribution >= 4 is 0 Å². The quantitative estimate of drug-likeness (QED) is 0.180. The van der Waals surface area contributed by atoms with Gasteiger partial charge in [-0.3, -0.25) is 0 Å². The van der Waals surface area contributed by atoms with Gasteiger partial charge < -0.3 is 9.47 Å². The Morgan fingerprint density at radius 2 is 1.09 bits per heavy atom. The lowest BCUT2D eigenvalue weighted by molar-refractivity contribution is 0.302. The first kappa shape index (κ1) is 28.1. The first-order valence-electron chi connectivity index (χ1n) is 13.6. The molecule has 0 spiro atoms. The van der Waals surface area contributed by atoms with Crippen LogP contribution in [-0.2, 0) is 0 Å². The van der Waals surface area contributed by atoms with Crippen LogP contribution in [0.15, 0.2) is 30.6 Å². The zero-order chi connectivity index (χ0) is 24.3. The van der Waals surface area contributed by atoms with E-state index >= 15 is 0 Å². The van der Waals surface area contributed by atoms with E-state index < -0.39 is 0 Å². The summed E-state index contributed by atoms with van der Waals surface area (Å²) in [7, 11) is 0.